The molecule has 2 atom stereocenters. The summed E-state index contributed by atoms with van der Waals surface area (Å²) in [6.07, 6.45) is 13.6. The first-order valence-electron chi connectivity index (χ1n) is 15.3. The highest BCUT2D eigenvalue weighted by atomic mass is 16.3. The van der Waals surface area contributed by atoms with Crippen LogP contribution in [-0.4, -0.2) is 33.6 Å². The lowest BCUT2D eigenvalue weighted by molar-refractivity contribution is -0.119. The molecule has 6 rings (SSSR count). The van der Waals surface area contributed by atoms with Crippen molar-refractivity contribution >= 4 is 39.8 Å². The summed E-state index contributed by atoms with van der Waals surface area (Å²) in [5, 5.41) is 22.4. The number of benzene rings is 3. The number of carbonyl (C=O) groups excluding carboxylic acids is 4. The molecule has 1 saturated heterocycles. The van der Waals surface area contributed by atoms with Crippen LogP contribution in [-0.2, 0) is 16.0 Å². The Morgan fingerprint density at radius 3 is 1.58 bits per heavy atom. The van der Waals surface area contributed by atoms with Gasteiger partial charge in [0.2, 0.25) is 0 Å². The summed E-state index contributed by atoms with van der Waals surface area (Å²) >= 11 is 0. The smallest absolute Gasteiger partial charge is 0.265 e. The van der Waals surface area contributed by atoms with Gasteiger partial charge in [0.1, 0.15) is 11.5 Å². The Hall–Kier alpha value is -4.52. The molecule has 0 spiro atoms. The third-order valence-corrected chi connectivity index (χ3v) is 9.01. The van der Waals surface area contributed by atoms with E-state index in [1.54, 1.807) is 36.4 Å². The second kappa shape index (κ2) is 11.6. The topological polar surface area (TPSA) is 112 Å². The molecule has 1 aliphatic heterocycles. The van der Waals surface area contributed by atoms with Crippen molar-refractivity contribution in [1.82, 2.24) is 0 Å². The van der Waals surface area contributed by atoms with E-state index in [0.717, 1.165) is 23.3 Å². The number of unbranched alkanes of at least 4 members (excludes halogenated alkanes) is 7. The van der Waals surface area contributed by atoms with Gasteiger partial charge in [0.05, 0.1) is 28.7 Å². The highest BCUT2D eigenvalue weighted by molar-refractivity contribution is 6.38. The molecule has 220 valence electrons. The number of rotatable bonds is 10. The molecule has 0 aromatic heterocycles. The summed E-state index contributed by atoms with van der Waals surface area (Å²) in [5.41, 5.74) is 1.20. The maximum atomic E-state index is 13.7. The molecule has 3 aromatic rings. The summed E-state index contributed by atoms with van der Waals surface area (Å²) in [6.45, 7) is 2.22. The number of carbonyl (C=O) groups is 4. The van der Waals surface area contributed by atoms with Crippen LogP contribution in [0, 0.1) is 11.8 Å². The summed E-state index contributed by atoms with van der Waals surface area (Å²) < 4.78 is 0. The normalized spacial score (nSPS) is 19.3. The standard InChI is InChI=1S/C36H35NO6/c1-2-3-4-5-6-7-8-9-12-21-15-17-22(18-16-21)37-35(42)27-19-25-26(20-28(27)36(37)43)34(41)30-29(33(25)40)31(38)23-13-10-11-14-24(23)32(30)39/h10-11,13-20,25-26,38-39H,2-9,12H2,1H3. The van der Waals surface area contributed by atoms with Gasteiger partial charge in [-0.05, 0) is 30.5 Å². The molecule has 2 amide bonds. The number of phenolic OH excluding ortho intramolecular Hbond substituents is 2. The number of phenols is 2. The Morgan fingerprint density at radius 1 is 0.628 bits per heavy atom. The van der Waals surface area contributed by atoms with Gasteiger partial charge in [-0.3, -0.25) is 19.2 Å². The second-order valence-corrected chi connectivity index (χ2v) is 11.8. The van der Waals surface area contributed by atoms with Crippen LogP contribution in [0.2, 0.25) is 0 Å². The van der Waals surface area contributed by atoms with Crippen molar-refractivity contribution in [2.24, 2.45) is 11.8 Å². The number of allylic oxidation sites excluding steroid dienone is 2. The summed E-state index contributed by atoms with van der Waals surface area (Å²) in [7, 11) is 0. The first-order chi connectivity index (χ1) is 20.8. The maximum Gasteiger partial charge on any atom is 0.265 e. The molecule has 7 heteroatoms. The van der Waals surface area contributed by atoms with Gasteiger partial charge in [-0.1, -0.05) is 100 Å². The van der Waals surface area contributed by atoms with E-state index < -0.39 is 35.2 Å². The molecule has 7 nitrogen and oxygen atoms in total. The van der Waals surface area contributed by atoms with Gasteiger partial charge in [0.25, 0.3) is 11.8 Å². The number of aryl methyl sites for hydroxylation is 1. The zero-order valence-corrected chi connectivity index (χ0v) is 24.3. The zero-order chi connectivity index (χ0) is 30.2. The average molecular weight is 578 g/mol. The minimum atomic E-state index is -1.07. The van der Waals surface area contributed by atoms with Crippen LogP contribution in [0.4, 0.5) is 5.69 Å². The van der Waals surface area contributed by atoms with Crippen LogP contribution in [0.15, 0.2) is 71.8 Å². The number of anilines is 1. The Balaban J connectivity index is 1.21. The molecule has 0 radical (unpaired) electrons. The highest BCUT2D eigenvalue weighted by Gasteiger charge is 2.50. The Labute approximate surface area is 250 Å². The van der Waals surface area contributed by atoms with Crippen molar-refractivity contribution in [2.75, 3.05) is 4.90 Å². The third kappa shape index (κ3) is 4.86. The Bertz CT molecular complexity index is 1620. The number of nitrogens with zero attached hydrogens (tertiary/aromatic N) is 1. The van der Waals surface area contributed by atoms with E-state index in [0.29, 0.717) is 5.69 Å². The molecule has 0 bridgehead atoms. The first-order valence-corrected chi connectivity index (χ1v) is 15.3. The Morgan fingerprint density at radius 2 is 1.09 bits per heavy atom. The van der Waals surface area contributed by atoms with Crippen molar-refractivity contribution in [1.29, 1.82) is 0 Å². The van der Waals surface area contributed by atoms with Crippen molar-refractivity contribution in [2.45, 2.75) is 64.7 Å². The molecular formula is C36H35NO6. The van der Waals surface area contributed by atoms with E-state index in [1.807, 2.05) is 12.1 Å². The average Bonchev–Trinajstić information content (AvgIpc) is 3.27. The number of amides is 2. The lowest BCUT2D eigenvalue weighted by atomic mass is 9.69. The molecule has 3 aromatic carbocycles. The minimum Gasteiger partial charge on any atom is -0.507 e. The monoisotopic (exact) mass is 577 g/mol. The first kappa shape index (κ1) is 28.6. The van der Waals surface area contributed by atoms with Gasteiger partial charge < -0.3 is 10.2 Å². The fourth-order valence-corrected chi connectivity index (χ4v) is 6.65. The van der Waals surface area contributed by atoms with Crippen LogP contribution in [0.1, 0.15) is 84.6 Å². The molecule has 2 aliphatic carbocycles. The van der Waals surface area contributed by atoms with E-state index in [4.69, 9.17) is 0 Å². The molecule has 3 aliphatic rings. The lowest BCUT2D eigenvalue weighted by Gasteiger charge is -2.31. The summed E-state index contributed by atoms with van der Waals surface area (Å²) in [4.78, 5) is 55.4. The maximum absolute atomic E-state index is 13.7. The molecule has 43 heavy (non-hydrogen) atoms. The van der Waals surface area contributed by atoms with Crippen LogP contribution < -0.4 is 4.90 Å². The van der Waals surface area contributed by atoms with Crippen molar-refractivity contribution in [3.05, 3.63) is 88.5 Å². The SMILES string of the molecule is CCCCCCCCCCc1ccc(N2C(=O)C3=CC4C(=O)c5c(c(O)c6ccccc6c5O)C(=O)C4C=C3C2=O)cc1. The largest absolute Gasteiger partial charge is 0.507 e. The van der Waals surface area contributed by atoms with Gasteiger partial charge >= 0.3 is 0 Å². The highest BCUT2D eigenvalue weighted by Crippen LogP contribution is 2.48. The van der Waals surface area contributed by atoms with E-state index in [-0.39, 0.29) is 44.5 Å². The van der Waals surface area contributed by atoms with Gasteiger partial charge in [-0.15, -0.1) is 0 Å². The second-order valence-electron chi connectivity index (χ2n) is 11.8. The number of Topliss-reactive ketones (excluding diaryl/α,β-unsaturated/α-hetero) is 2. The van der Waals surface area contributed by atoms with Gasteiger partial charge in [-0.2, -0.15) is 0 Å². The Kier molecular flexibility index (Phi) is 7.74. The van der Waals surface area contributed by atoms with Gasteiger partial charge in [-0.25, -0.2) is 4.90 Å². The van der Waals surface area contributed by atoms with E-state index in [2.05, 4.69) is 6.92 Å². The number of fused-ring (bicyclic) bond motifs is 4. The predicted molar refractivity (Wildman–Crippen MR) is 164 cm³/mol. The molecule has 0 saturated carbocycles. The number of hydrogen-bond donors (Lipinski definition) is 2. The number of aromatic hydroxyl groups is 2. The fraction of sp³-hybridized carbons (Fsp3) is 0.333. The van der Waals surface area contributed by atoms with E-state index in [9.17, 15) is 29.4 Å². The van der Waals surface area contributed by atoms with Crippen molar-refractivity contribution < 1.29 is 29.4 Å². The van der Waals surface area contributed by atoms with Crippen LogP contribution in [0.5, 0.6) is 11.5 Å². The predicted octanol–water partition coefficient (Wildman–Crippen LogP) is 6.99. The lowest BCUT2D eigenvalue weighted by Crippen LogP contribution is -2.37. The van der Waals surface area contributed by atoms with Crippen LogP contribution in [0.3, 0.4) is 0 Å². The molecule has 2 unspecified atom stereocenters. The van der Waals surface area contributed by atoms with Crippen molar-refractivity contribution in [3.63, 3.8) is 0 Å². The zero-order valence-electron chi connectivity index (χ0n) is 24.3. The summed E-state index contributed by atoms with van der Waals surface area (Å²) in [5.74, 6) is -5.17. The van der Waals surface area contributed by atoms with Gasteiger partial charge in [0, 0.05) is 21.9 Å². The summed E-state index contributed by atoms with van der Waals surface area (Å²) in [6, 6.07) is 13.8. The molecular weight excluding hydrogens is 542 g/mol. The third-order valence-electron chi connectivity index (χ3n) is 9.01. The molecule has 1 heterocycles. The minimum absolute atomic E-state index is 0.0726. The molecule has 1 fully saturated rings. The van der Waals surface area contributed by atoms with E-state index in [1.165, 1.54) is 57.1 Å². The number of hydrogen-bond acceptors (Lipinski definition) is 6. The number of ketones is 2. The number of imide groups is 1. The fourth-order valence-electron chi connectivity index (χ4n) is 6.65. The van der Waals surface area contributed by atoms with Crippen LogP contribution in [0.25, 0.3) is 10.8 Å². The van der Waals surface area contributed by atoms with E-state index >= 15 is 0 Å². The molecule has 2 N–H and O–H groups in total. The van der Waals surface area contributed by atoms with Crippen LogP contribution >= 0.6 is 0 Å². The quantitative estimate of drug-likeness (QED) is 0.153. The van der Waals surface area contributed by atoms with Gasteiger partial charge in [0.15, 0.2) is 11.6 Å². The van der Waals surface area contributed by atoms with Crippen molar-refractivity contribution in [3.8, 4) is 11.5 Å².